The Morgan fingerprint density at radius 2 is 1.81 bits per heavy atom. The molecular formula is C15H18Cl2N2O2. The minimum absolute atomic E-state index is 0.0668. The van der Waals surface area contributed by atoms with Gasteiger partial charge in [0.1, 0.15) is 4.33 Å². The number of hydrogen-bond acceptors (Lipinski definition) is 2. The van der Waals surface area contributed by atoms with Gasteiger partial charge in [0.15, 0.2) is 0 Å². The van der Waals surface area contributed by atoms with Gasteiger partial charge in [0.25, 0.3) is 5.91 Å². The normalized spacial score (nSPS) is 22.5. The van der Waals surface area contributed by atoms with Gasteiger partial charge < -0.3 is 10.2 Å². The molecule has 1 aromatic carbocycles. The predicted octanol–water partition coefficient (Wildman–Crippen LogP) is 2.59. The van der Waals surface area contributed by atoms with Gasteiger partial charge in [0, 0.05) is 26.2 Å². The molecule has 2 rings (SSSR count). The van der Waals surface area contributed by atoms with Crippen molar-refractivity contribution in [1.29, 1.82) is 0 Å². The van der Waals surface area contributed by atoms with Crippen molar-refractivity contribution in [2.24, 2.45) is 5.41 Å². The van der Waals surface area contributed by atoms with Crippen molar-refractivity contribution < 1.29 is 9.59 Å². The highest BCUT2D eigenvalue weighted by atomic mass is 35.5. The summed E-state index contributed by atoms with van der Waals surface area (Å²) in [6.45, 7) is 2.23. The van der Waals surface area contributed by atoms with E-state index in [0.29, 0.717) is 18.5 Å². The van der Waals surface area contributed by atoms with E-state index in [4.69, 9.17) is 23.2 Å². The number of amides is 2. The molecule has 6 heteroatoms. The third-order valence-corrected chi connectivity index (χ3v) is 5.04. The van der Waals surface area contributed by atoms with Crippen LogP contribution in [0.4, 0.5) is 0 Å². The van der Waals surface area contributed by atoms with Crippen LogP contribution in [0, 0.1) is 5.41 Å². The molecule has 1 fully saturated rings. The number of carbonyl (C=O) groups excluding carboxylic acids is 2. The van der Waals surface area contributed by atoms with E-state index in [9.17, 15) is 9.59 Å². The third-order valence-electron chi connectivity index (χ3n) is 3.94. The Morgan fingerprint density at radius 1 is 1.29 bits per heavy atom. The van der Waals surface area contributed by atoms with Crippen LogP contribution in [0.25, 0.3) is 0 Å². The molecular weight excluding hydrogens is 311 g/mol. The summed E-state index contributed by atoms with van der Waals surface area (Å²) in [5.41, 5.74) is 0.829. The third kappa shape index (κ3) is 3.01. The van der Waals surface area contributed by atoms with Gasteiger partial charge in [-0.1, -0.05) is 12.1 Å². The summed E-state index contributed by atoms with van der Waals surface area (Å²) in [5.74, 6) is -0.201. The summed E-state index contributed by atoms with van der Waals surface area (Å²) < 4.78 is -0.957. The first-order chi connectivity index (χ1) is 9.71. The van der Waals surface area contributed by atoms with Gasteiger partial charge in [-0.15, -0.1) is 23.2 Å². The topological polar surface area (TPSA) is 49.4 Å². The minimum Gasteiger partial charge on any atom is -0.355 e. The lowest BCUT2D eigenvalue weighted by molar-refractivity contribution is -0.135. The Bertz CT molecular complexity index is 572. The van der Waals surface area contributed by atoms with E-state index < -0.39 is 9.75 Å². The van der Waals surface area contributed by atoms with Gasteiger partial charge >= 0.3 is 0 Å². The lowest BCUT2D eigenvalue weighted by Crippen LogP contribution is -2.34. The Morgan fingerprint density at radius 3 is 2.24 bits per heavy atom. The van der Waals surface area contributed by atoms with Crippen molar-refractivity contribution in [3.63, 3.8) is 0 Å². The van der Waals surface area contributed by atoms with Crippen LogP contribution in [0.3, 0.4) is 0 Å². The van der Waals surface area contributed by atoms with Crippen molar-refractivity contribution in [3.8, 4) is 0 Å². The summed E-state index contributed by atoms with van der Waals surface area (Å²) in [5, 5.41) is 2.56. The van der Waals surface area contributed by atoms with Gasteiger partial charge in [-0.3, -0.25) is 9.59 Å². The number of carbonyl (C=O) groups is 2. The average molecular weight is 329 g/mol. The fraction of sp³-hybridized carbons (Fsp3) is 0.467. The van der Waals surface area contributed by atoms with Crippen molar-refractivity contribution in [2.45, 2.75) is 24.2 Å². The molecule has 0 aromatic heterocycles. The Balaban J connectivity index is 2.02. The van der Waals surface area contributed by atoms with Gasteiger partial charge in [0.05, 0.1) is 5.41 Å². The van der Waals surface area contributed by atoms with Gasteiger partial charge in [-0.2, -0.15) is 0 Å². The molecule has 4 nitrogen and oxygen atoms in total. The van der Waals surface area contributed by atoms with E-state index in [-0.39, 0.29) is 11.8 Å². The number of nitrogens with zero attached hydrogens (tertiary/aromatic N) is 1. The summed E-state index contributed by atoms with van der Waals surface area (Å²) >= 11 is 12.1. The van der Waals surface area contributed by atoms with Crippen molar-refractivity contribution in [2.75, 3.05) is 14.1 Å². The second kappa shape index (κ2) is 5.50. The van der Waals surface area contributed by atoms with Gasteiger partial charge in [0.2, 0.25) is 5.91 Å². The molecule has 0 heterocycles. The smallest absolute Gasteiger partial charge is 0.251 e. The predicted molar refractivity (Wildman–Crippen MR) is 83.5 cm³/mol. The number of hydrogen-bond donors (Lipinski definition) is 1. The zero-order chi connectivity index (χ0) is 15.8. The first-order valence-electron chi connectivity index (χ1n) is 6.66. The molecule has 1 atom stereocenters. The van der Waals surface area contributed by atoms with E-state index in [0.717, 1.165) is 5.56 Å². The summed E-state index contributed by atoms with van der Waals surface area (Å²) in [6.07, 6.45) is 0.474. The standard InChI is InChI=1S/C15H18Cl2N2O2/c1-14(9-15(14,16)17)13(21)19(3)8-10-4-6-11(7-5-10)12(20)18-2/h4-7H,8-9H2,1-3H3,(H,18,20). The molecule has 114 valence electrons. The van der Waals surface area contributed by atoms with Crippen LogP contribution >= 0.6 is 23.2 Å². The monoisotopic (exact) mass is 328 g/mol. The molecule has 1 aliphatic rings. The molecule has 1 saturated carbocycles. The van der Waals surface area contributed by atoms with E-state index in [2.05, 4.69) is 5.32 Å². The summed E-state index contributed by atoms with van der Waals surface area (Å²) in [4.78, 5) is 25.4. The van der Waals surface area contributed by atoms with Crippen LogP contribution < -0.4 is 5.32 Å². The number of alkyl halides is 2. The molecule has 1 aliphatic carbocycles. The van der Waals surface area contributed by atoms with Crippen molar-refractivity contribution >= 4 is 35.0 Å². The highest BCUT2D eigenvalue weighted by Crippen LogP contribution is 2.64. The van der Waals surface area contributed by atoms with E-state index in [1.54, 1.807) is 38.1 Å². The molecule has 1 unspecified atom stereocenters. The maximum atomic E-state index is 12.4. The number of benzene rings is 1. The summed E-state index contributed by atoms with van der Waals surface area (Å²) in [6, 6.07) is 7.13. The van der Waals surface area contributed by atoms with Crippen molar-refractivity contribution in [3.05, 3.63) is 35.4 Å². The zero-order valence-electron chi connectivity index (χ0n) is 12.2. The quantitative estimate of drug-likeness (QED) is 0.863. The maximum absolute atomic E-state index is 12.4. The second-order valence-corrected chi connectivity index (χ2v) is 7.13. The molecule has 0 aliphatic heterocycles. The zero-order valence-corrected chi connectivity index (χ0v) is 13.8. The van der Waals surface area contributed by atoms with Gasteiger partial charge in [-0.25, -0.2) is 0 Å². The van der Waals surface area contributed by atoms with Gasteiger partial charge in [-0.05, 0) is 31.0 Å². The first kappa shape index (κ1) is 16.1. The molecule has 0 spiro atoms. The van der Waals surface area contributed by atoms with Crippen LogP contribution in [0.5, 0.6) is 0 Å². The minimum atomic E-state index is -0.957. The van der Waals surface area contributed by atoms with Crippen LogP contribution in [-0.4, -0.2) is 35.1 Å². The van der Waals surface area contributed by atoms with Crippen LogP contribution in [0.1, 0.15) is 29.3 Å². The van der Waals surface area contributed by atoms with Crippen LogP contribution in [0.2, 0.25) is 0 Å². The Kier molecular flexibility index (Phi) is 4.22. The Labute approximate surface area is 134 Å². The van der Waals surface area contributed by atoms with E-state index >= 15 is 0 Å². The van der Waals surface area contributed by atoms with E-state index in [1.807, 2.05) is 12.1 Å². The lowest BCUT2D eigenvalue weighted by atomic mass is 10.1. The molecule has 21 heavy (non-hydrogen) atoms. The average Bonchev–Trinajstić information content (AvgIpc) is 2.97. The fourth-order valence-electron chi connectivity index (χ4n) is 2.30. The highest BCUT2D eigenvalue weighted by molar-refractivity contribution is 6.53. The largest absolute Gasteiger partial charge is 0.355 e. The molecule has 1 N–H and O–H groups in total. The molecule has 0 bridgehead atoms. The molecule has 2 amide bonds. The highest BCUT2D eigenvalue weighted by Gasteiger charge is 2.68. The SMILES string of the molecule is CNC(=O)c1ccc(CN(C)C(=O)C2(C)CC2(Cl)Cl)cc1. The Hall–Kier alpha value is -1.26. The van der Waals surface area contributed by atoms with Crippen LogP contribution in [-0.2, 0) is 11.3 Å². The molecule has 1 aromatic rings. The second-order valence-electron chi connectivity index (χ2n) is 5.65. The number of rotatable bonds is 4. The first-order valence-corrected chi connectivity index (χ1v) is 7.41. The van der Waals surface area contributed by atoms with E-state index in [1.165, 1.54) is 0 Å². The van der Waals surface area contributed by atoms with Crippen molar-refractivity contribution in [1.82, 2.24) is 10.2 Å². The maximum Gasteiger partial charge on any atom is 0.251 e. The molecule has 0 radical (unpaired) electrons. The fourth-order valence-corrected chi connectivity index (χ4v) is 3.00. The molecule has 0 saturated heterocycles. The summed E-state index contributed by atoms with van der Waals surface area (Å²) in [7, 11) is 3.31. The van der Waals surface area contributed by atoms with Crippen LogP contribution in [0.15, 0.2) is 24.3 Å². The number of nitrogens with one attached hydrogen (secondary N) is 1. The lowest BCUT2D eigenvalue weighted by Gasteiger charge is -2.22. The number of halogens is 2.